The van der Waals surface area contributed by atoms with E-state index in [1.165, 1.54) is 0 Å². The monoisotopic (exact) mass is 736 g/mol. The first-order chi connectivity index (χ1) is 26.9. The summed E-state index contributed by atoms with van der Waals surface area (Å²) in [6.07, 6.45) is 1.63. The molecule has 0 bridgehead atoms. The first-order valence-electron chi connectivity index (χ1n) is 18.9. The van der Waals surface area contributed by atoms with Crippen LogP contribution < -0.4 is 18.9 Å². The second-order valence-electron chi connectivity index (χ2n) is 13.8. The summed E-state index contributed by atoms with van der Waals surface area (Å²) in [5.74, 6) is 3.11. The lowest BCUT2D eigenvalue weighted by Crippen LogP contribution is -2.42. The van der Waals surface area contributed by atoms with Crippen LogP contribution in [0, 0.1) is 5.41 Å². The zero-order valence-electron chi connectivity index (χ0n) is 32.8. The molecule has 0 heterocycles. The van der Waals surface area contributed by atoms with Crippen molar-refractivity contribution in [3.63, 3.8) is 0 Å². The first kappa shape index (κ1) is 39.1. The molecule has 6 aromatic carbocycles. The Kier molecular flexibility index (Phi) is 12.6. The Labute approximate surface area is 326 Å². The molecule has 0 saturated carbocycles. The van der Waals surface area contributed by atoms with Crippen molar-refractivity contribution in [3.8, 4) is 23.0 Å². The molecule has 0 spiro atoms. The van der Waals surface area contributed by atoms with Crippen LogP contribution in [0.4, 0.5) is 0 Å². The van der Waals surface area contributed by atoms with Gasteiger partial charge in [-0.3, -0.25) is 0 Å². The Morgan fingerprint density at radius 2 is 0.564 bits per heavy atom. The van der Waals surface area contributed by atoms with Crippen LogP contribution in [-0.4, -0.2) is 41.7 Å². The first-order valence-corrected chi connectivity index (χ1v) is 18.9. The molecule has 6 aromatic rings. The van der Waals surface area contributed by atoms with Gasteiger partial charge in [-0.25, -0.2) is 0 Å². The quantitative estimate of drug-likeness (QED) is 0.0819. The van der Waals surface area contributed by atoms with Gasteiger partial charge in [-0.1, -0.05) is 123 Å². The Bertz CT molecular complexity index is 1800. The smallest absolute Gasteiger partial charge is 0.143 e. The van der Waals surface area contributed by atoms with Crippen molar-refractivity contribution in [2.75, 3.05) is 41.7 Å². The van der Waals surface area contributed by atoms with Gasteiger partial charge in [-0.2, -0.15) is 0 Å². The topological polar surface area (TPSA) is 55.4 Å². The summed E-state index contributed by atoms with van der Waals surface area (Å²) >= 11 is 0. The number of hydrogen-bond acceptors (Lipinski definition) is 6. The zero-order chi connectivity index (χ0) is 38.7. The average Bonchev–Trinajstić information content (AvgIpc) is 3.27. The molecule has 0 fully saturated rings. The zero-order valence-corrected chi connectivity index (χ0v) is 32.8. The highest BCUT2D eigenvalue weighted by molar-refractivity contribution is 5.51. The van der Waals surface area contributed by atoms with Crippen LogP contribution >= 0.6 is 0 Å². The molecule has 0 amide bonds. The minimum Gasteiger partial charge on any atom is -0.497 e. The van der Waals surface area contributed by atoms with Crippen LogP contribution in [0.25, 0.3) is 0 Å². The summed E-state index contributed by atoms with van der Waals surface area (Å²) in [6.45, 7) is 5.27. The fourth-order valence-electron chi connectivity index (χ4n) is 7.37. The lowest BCUT2D eigenvalue weighted by atomic mass is 9.77. The van der Waals surface area contributed by atoms with E-state index in [1.54, 1.807) is 28.4 Å². The minimum atomic E-state index is -0.960. The van der Waals surface area contributed by atoms with E-state index < -0.39 is 16.6 Å². The van der Waals surface area contributed by atoms with Crippen LogP contribution in [0.15, 0.2) is 158 Å². The maximum Gasteiger partial charge on any atom is 0.143 e. The molecule has 55 heavy (non-hydrogen) atoms. The molecule has 0 N–H and O–H groups in total. The van der Waals surface area contributed by atoms with Crippen LogP contribution in [0.2, 0.25) is 0 Å². The van der Waals surface area contributed by atoms with Gasteiger partial charge in [0.25, 0.3) is 0 Å². The summed E-state index contributed by atoms with van der Waals surface area (Å²) in [4.78, 5) is 0. The molecular formula is C49H52O6. The minimum absolute atomic E-state index is 0.391. The number of methoxy groups -OCH3 is 4. The summed E-state index contributed by atoms with van der Waals surface area (Å²) < 4.78 is 37.4. The van der Waals surface area contributed by atoms with E-state index in [-0.39, 0.29) is 0 Å². The van der Waals surface area contributed by atoms with Crippen LogP contribution in [0.3, 0.4) is 0 Å². The SMILES string of the molecule is CCC(CC)(COC(c1ccccc1)(c1ccc(OC)cc1)c1ccc(OC)cc1)COC(c1ccccc1)(c1ccc(OC)cc1)c1ccc(OC)cc1. The normalized spacial score (nSPS) is 11.9. The van der Waals surface area contributed by atoms with Crippen molar-refractivity contribution in [1.82, 2.24) is 0 Å². The third kappa shape index (κ3) is 7.98. The molecule has 6 nitrogen and oxygen atoms in total. The summed E-state index contributed by atoms with van der Waals surface area (Å²) in [5.41, 5.74) is 3.67. The number of hydrogen-bond donors (Lipinski definition) is 0. The van der Waals surface area contributed by atoms with Gasteiger partial charge in [0.2, 0.25) is 0 Å². The van der Waals surface area contributed by atoms with E-state index in [1.807, 2.05) is 60.7 Å². The number of rotatable bonds is 18. The summed E-state index contributed by atoms with van der Waals surface area (Å²) in [5, 5.41) is 0. The van der Waals surface area contributed by atoms with Crippen molar-refractivity contribution >= 4 is 0 Å². The van der Waals surface area contributed by atoms with Gasteiger partial charge >= 0.3 is 0 Å². The van der Waals surface area contributed by atoms with Crippen molar-refractivity contribution < 1.29 is 28.4 Å². The number of benzene rings is 6. The van der Waals surface area contributed by atoms with Gasteiger partial charge in [0, 0.05) is 5.41 Å². The molecule has 284 valence electrons. The van der Waals surface area contributed by atoms with Crippen molar-refractivity contribution in [1.29, 1.82) is 0 Å². The lowest BCUT2D eigenvalue weighted by Gasteiger charge is -2.43. The van der Waals surface area contributed by atoms with E-state index in [4.69, 9.17) is 28.4 Å². The molecule has 0 radical (unpaired) electrons. The molecule has 6 rings (SSSR count). The highest BCUT2D eigenvalue weighted by atomic mass is 16.5. The highest BCUT2D eigenvalue weighted by Crippen LogP contribution is 2.46. The van der Waals surface area contributed by atoms with Gasteiger partial charge in [-0.15, -0.1) is 0 Å². The van der Waals surface area contributed by atoms with E-state index in [0.29, 0.717) is 13.2 Å². The van der Waals surface area contributed by atoms with E-state index in [0.717, 1.165) is 69.2 Å². The lowest BCUT2D eigenvalue weighted by molar-refractivity contribution is -0.101. The van der Waals surface area contributed by atoms with Crippen molar-refractivity contribution in [2.24, 2.45) is 5.41 Å². The standard InChI is InChI=1S/C49H52O6/c1-7-47(8-2,35-54-48(37-15-11-9-12-16-37,39-19-27-43(50-3)28-20-39)40-21-29-44(51-4)30-22-40)36-55-49(38-17-13-10-14-18-38,41-23-31-45(52-5)32-24-41)42-25-33-46(53-6)34-26-42/h9-34H,7-8,35-36H2,1-6H3. The largest absolute Gasteiger partial charge is 0.497 e. The van der Waals surface area contributed by atoms with Gasteiger partial charge < -0.3 is 28.4 Å². The van der Waals surface area contributed by atoms with Crippen LogP contribution in [0.5, 0.6) is 23.0 Å². The fourth-order valence-corrected chi connectivity index (χ4v) is 7.37. The molecule has 0 saturated heterocycles. The second kappa shape index (κ2) is 17.7. The van der Waals surface area contributed by atoms with Gasteiger partial charge in [0.15, 0.2) is 0 Å². The molecular weight excluding hydrogens is 685 g/mol. The predicted octanol–water partition coefficient (Wildman–Crippen LogP) is 10.8. The third-order valence-electron chi connectivity index (χ3n) is 11.0. The molecule has 0 aliphatic rings. The third-order valence-corrected chi connectivity index (χ3v) is 11.0. The summed E-state index contributed by atoms with van der Waals surface area (Å²) in [7, 11) is 6.74. The highest BCUT2D eigenvalue weighted by Gasteiger charge is 2.44. The van der Waals surface area contributed by atoms with Gasteiger partial charge in [-0.05, 0) is 94.8 Å². The maximum atomic E-state index is 7.53. The van der Waals surface area contributed by atoms with E-state index in [9.17, 15) is 0 Å². The molecule has 0 aromatic heterocycles. The Balaban J connectivity index is 1.48. The average molecular weight is 737 g/mol. The number of ether oxygens (including phenoxy) is 6. The van der Waals surface area contributed by atoms with Crippen LogP contribution in [0.1, 0.15) is 60.1 Å². The fraction of sp³-hybridized carbons (Fsp3) is 0.265. The van der Waals surface area contributed by atoms with Crippen LogP contribution in [-0.2, 0) is 20.7 Å². The Hall–Kier alpha value is -5.56. The molecule has 0 aliphatic heterocycles. The second-order valence-corrected chi connectivity index (χ2v) is 13.8. The van der Waals surface area contributed by atoms with Crippen molar-refractivity contribution in [2.45, 2.75) is 37.9 Å². The molecule has 0 aliphatic carbocycles. The Morgan fingerprint density at radius 3 is 0.782 bits per heavy atom. The molecule has 6 heteroatoms. The Morgan fingerprint density at radius 1 is 0.327 bits per heavy atom. The van der Waals surface area contributed by atoms with Crippen molar-refractivity contribution in [3.05, 3.63) is 191 Å². The summed E-state index contributed by atoms with van der Waals surface area (Å²) in [6, 6.07) is 53.6. The van der Waals surface area contributed by atoms with E-state index in [2.05, 4.69) is 111 Å². The molecule has 0 unspecified atom stereocenters. The predicted molar refractivity (Wildman–Crippen MR) is 220 cm³/mol. The maximum absolute atomic E-state index is 7.53. The van der Waals surface area contributed by atoms with E-state index >= 15 is 0 Å². The van der Waals surface area contributed by atoms with Gasteiger partial charge in [0.1, 0.15) is 34.2 Å². The molecule has 0 atom stereocenters. The van der Waals surface area contributed by atoms with Gasteiger partial charge in [0.05, 0.1) is 41.7 Å².